The van der Waals surface area contributed by atoms with Crippen LogP contribution in [0.2, 0.25) is 0 Å². The SMILES string of the molecule is CCCC(C)(NCCOc1cc(C)ccc1C)C(=O)O. The number of hydrogen-bond acceptors (Lipinski definition) is 3. The van der Waals surface area contributed by atoms with E-state index >= 15 is 0 Å². The lowest BCUT2D eigenvalue weighted by Crippen LogP contribution is -2.50. The summed E-state index contributed by atoms with van der Waals surface area (Å²) in [6.45, 7) is 8.69. The van der Waals surface area contributed by atoms with E-state index in [1.165, 1.54) is 0 Å². The average molecular weight is 279 g/mol. The van der Waals surface area contributed by atoms with Gasteiger partial charge in [0, 0.05) is 6.54 Å². The van der Waals surface area contributed by atoms with Gasteiger partial charge in [0.2, 0.25) is 0 Å². The molecule has 0 heterocycles. The van der Waals surface area contributed by atoms with Crippen LogP contribution >= 0.6 is 0 Å². The molecule has 0 aliphatic heterocycles. The number of rotatable bonds is 8. The van der Waals surface area contributed by atoms with Gasteiger partial charge in [-0.25, -0.2) is 0 Å². The number of nitrogens with one attached hydrogen (secondary N) is 1. The lowest BCUT2D eigenvalue weighted by Gasteiger charge is -2.26. The summed E-state index contributed by atoms with van der Waals surface area (Å²) >= 11 is 0. The molecule has 4 nitrogen and oxygen atoms in total. The van der Waals surface area contributed by atoms with E-state index in [1.54, 1.807) is 6.92 Å². The molecule has 2 N–H and O–H groups in total. The number of carbonyl (C=O) groups is 1. The van der Waals surface area contributed by atoms with Crippen molar-refractivity contribution in [3.63, 3.8) is 0 Å². The first-order valence-electron chi connectivity index (χ1n) is 7.07. The Bertz CT molecular complexity index is 459. The predicted molar refractivity (Wildman–Crippen MR) is 80.4 cm³/mol. The van der Waals surface area contributed by atoms with Gasteiger partial charge in [-0.2, -0.15) is 0 Å². The van der Waals surface area contributed by atoms with Gasteiger partial charge in [0.15, 0.2) is 0 Å². The Morgan fingerprint density at radius 2 is 2.10 bits per heavy atom. The molecule has 1 aromatic carbocycles. The maximum atomic E-state index is 11.3. The van der Waals surface area contributed by atoms with Crippen molar-refractivity contribution in [2.75, 3.05) is 13.2 Å². The second-order valence-electron chi connectivity index (χ2n) is 5.43. The first-order valence-corrected chi connectivity index (χ1v) is 7.07. The highest BCUT2D eigenvalue weighted by atomic mass is 16.5. The number of carboxylic acids is 1. The summed E-state index contributed by atoms with van der Waals surface area (Å²) < 4.78 is 5.72. The van der Waals surface area contributed by atoms with E-state index in [9.17, 15) is 9.90 Å². The van der Waals surface area contributed by atoms with Crippen LogP contribution in [0.25, 0.3) is 0 Å². The highest BCUT2D eigenvalue weighted by Gasteiger charge is 2.31. The summed E-state index contributed by atoms with van der Waals surface area (Å²) in [6.07, 6.45) is 1.43. The largest absolute Gasteiger partial charge is 0.492 e. The van der Waals surface area contributed by atoms with E-state index in [1.807, 2.05) is 39.0 Å². The first-order chi connectivity index (χ1) is 9.39. The fraction of sp³-hybridized carbons (Fsp3) is 0.562. The smallest absolute Gasteiger partial charge is 0.323 e. The molecule has 0 radical (unpaired) electrons. The van der Waals surface area contributed by atoms with Crippen molar-refractivity contribution in [2.24, 2.45) is 0 Å². The van der Waals surface area contributed by atoms with Crippen LogP contribution in [0.3, 0.4) is 0 Å². The molecule has 0 aliphatic rings. The Labute approximate surface area is 121 Å². The summed E-state index contributed by atoms with van der Waals surface area (Å²) in [5.74, 6) is 0.0467. The van der Waals surface area contributed by atoms with Gasteiger partial charge < -0.3 is 9.84 Å². The van der Waals surface area contributed by atoms with Crippen molar-refractivity contribution in [3.8, 4) is 5.75 Å². The van der Waals surface area contributed by atoms with Crippen LogP contribution in [0, 0.1) is 13.8 Å². The van der Waals surface area contributed by atoms with Gasteiger partial charge in [-0.1, -0.05) is 25.5 Å². The molecular formula is C16H25NO3. The summed E-state index contributed by atoms with van der Waals surface area (Å²) in [7, 11) is 0. The standard InChI is InChI=1S/C16H25NO3/c1-5-8-16(4,15(18)19)17-9-10-20-14-11-12(2)6-7-13(14)3/h6-7,11,17H,5,8-10H2,1-4H3,(H,18,19). The number of aliphatic carboxylic acids is 1. The van der Waals surface area contributed by atoms with Crippen LogP contribution in [0.15, 0.2) is 18.2 Å². The number of ether oxygens (including phenoxy) is 1. The van der Waals surface area contributed by atoms with E-state index < -0.39 is 11.5 Å². The zero-order valence-electron chi connectivity index (χ0n) is 12.8. The van der Waals surface area contributed by atoms with Gasteiger partial charge in [-0.15, -0.1) is 0 Å². The van der Waals surface area contributed by atoms with Gasteiger partial charge in [0.1, 0.15) is 17.9 Å². The number of hydrogen-bond donors (Lipinski definition) is 2. The molecule has 112 valence electrons. The van der Waals surface area contributed by atoms with Crippen molar-refractivity contribution in [2.45, 2.75) is 46.1 Å². The Hall–Kier alpha value is -1.55. The lowest BCUT2D eigenvalue weighted by atomic mass is 9.96. The molecule has 0 bridgehead atoms. The van der Waals surface area contributed by atoms with Crippen LogP contribution < -0.4 is 10.1 Å². The number of aryl methyl sites for hydroxylation is 2. The van der Waals surface area contributed by atoms with Crippen molar-refractivity contribution >= 4 is 5.97 Å². The number of benzene rings is 1. The fourth-order valence-electron chi connectivity index (χ4n) is 2.12. The first kappa shape index (κ1) is 16.5. The molecule has 0 saturated heterocycles. The highest BCUT2D eigenvalue weighted by Crippen LogP contribution is 2.19. The van der Waals surface area contributed by atoms with Crippen molar-refractivity contribution in [3.05, 3.63) is 29.3 Å². The molecule has 1 rings (SSSR count). The monoisotopic (exact) mass is 279 g/mol. The van der Waals surface area contributed by atoms with Crippen LogP contribution in [0.4, 0.5) is 0 Å². The van der Waals surface area contributed by atoms with Gasteiger partial charge in [0.05, 0.1) is 0 Å². The van der Waals surface area contributed by atoms with Crippen molar-refractivity contribution in [1.82, 2.24) is 5.32 Å². The van der Waals surface area contributed by atoms with Crippen LogP contribution in [-0.4, -0.2) is 29.8 Å². The molecule has 0 saturated carbocycles. The summed E-state index contributed by atoms with van der Waals surface area (Å²) in [5.41, 5.74) is 1.37. The maximum Gasteiger partial charge on any atom is 0.323 e. The normalized spacial score (nSPS) is 13.8. The topological polar surface area (TPSA) is 58.6 Å². The van der Waals surface area contributed by atoms with Crippen LogP contribution in [0.5, 0.6) is 5.75 Å². The number of carboxylic acid groups (broad SMARTS) is 1. The van der Waals surface area contributed by atoms with Crippen LogP contribution in [-0.2, 0) is 4.79 Å². The molecule has 1 aromatic rings. The Kier molecular flexibility index (Phi) is 6.02. The molecule has 4 heteroatoms. The van der Waals surface area contributed by atoms with Crippen LogP contribution in [0.1, 0.15) is 37.8 Å². The van der Waals surface area contributed by atoms with Gasteiger partial charge in [-0.3, -0.25) is 10.1 Å². The molecule has 20 heavy (non-hydrogen) atoms. The maximum absolute atomic E-state index is 11.3. The second-order valence-corrected chi connectivity index (χ2v) is 5.43. The molecule has 0 spiro atoms. The minimum Gasteiger partial charge on any atom is -0.492 e. The minimum absolute atomic E-state index is 0.455. The third kappa shape index (κ3) is 4.53. The fourth-order valence-corrected chi connectivity index (χ4v) is 2.12. The second kappa shape index (κ2) is 7.29. The Morgan fingerprint density at radius 1 is 1.40 bits per heavy atom. The molecule has 0 fully saturated rings. The Balaban J connectivity index is 2.48. The van der Waals surface area contributed by atoms with E-state index in [2.05, 4.69) is 5.32 Å². The zero-order valence-corrected chi connectivity index (χ0v) is 12.8. The molecular weight excluding hydrogens is 254 g/mol. The quantitative estimate of drug-likeness (QED) is 0.718. The minimum atomic E-state index is -0.875. The van der Waals surface area contributed by atoms with Gasteiger partial charge in [0.25, 0.3) is 0 Å². The van der Waals surface area contributed by atoms with E-state index in [4.69, 9.17) is 4.74 Å². The lowest BCUT2D eigenvalue weighted by molar-refractivity contribution is -0.144. The molecule has 0 aromatic heterocycles. The van der Waals surface area contributed by atoms with Crippen molar-refractivity contribution < 1.29 is 14.6 Å². The molecule has 0 aliphatic carbocycles. The highest BCUT2D eigenvalue weighted by molar-refractivity contribution is 5.78. The summed E-state index contributed by atoms with van der Waals surface area (Å²) in [6, 6.07) is 6.07. The zero-order chi connectivity index (χ0) is 15.2. The van der Waals surface area contributed by atoms with Gasteiger partial charge in [-0.05, 0) is 44.4 Å². The summed E-state index contributed by atoms with van der Waals surface area (Å²) in [5, 5.41) is 12.3. The predicted octanol–water partition coefficient (Wildman–Crippen LogP) is 2.92. The van der Waals surface area contributed by atoms with E-state index in [0.717, 1.165) is 23.3 Å². The van der Waals surface area contributed by atoms with Gasteiger partial charge >= 0.3 is 5.97 Å². The molecule has 1 atom stereocenters. The van der Waals surface area contributed by atoms with E-state index in [0.29, 0.717) is 19.6 Å². The average Bonchev–Trinajstić information content (AvgIpc) is 2.38. The third-order valence-corrected chi connectivity index (χ3v) is 3.44. The summed E-state index contributed by atoms with van der Waals surface area (Å²) in [4.78, 5) is 11.3. The van der Waals surface area contributed by atoms with E-state index in [-0.39, 0.29) is 0 Å². The molecule has 0 amide bonds. The third-order valence-electron chi connectivity index (χ3n) is 3.44. The Morgan fingerprint density at radius 3 is 2.70 bits per heavy atom. The molecule has 1 unspecified atom stereocenters. The van der Waals surface area contributed by atoms with Crippen molar-refractivity contribution in [1.29, 1.82) is 0 Å².